The van der Waals surface area contributed by atoms with Crippen LogP contribution in [0.1, 0.15) is 33.6 Å². The molecule has 1 atom stereocenters. The van der Waals surface area contributed by atoms with Crippen molar-refractivity contribution in [3.8, 4) is 0 Å². The van der Waals surface area contributed by atoms with Crippen molar-refractivity contribution in [2.24, 2.45) is 0 Å². The van der Waals surface area contributed by atoms with Gasteiger partial charge in [-0.1, -0.05) is 0 Å². The van der Waals surface area contributed by atoms with E-state index >= 15 is 0 Å². The number of nitrogens with zero attached hydrogens (tertiary/aromatic N) is 1. The van der Waals surface area contributed by atoms with E-state index < -0.39 is 11.6 Å². The zero-order valence-corrected chi connectivity index (χ0v) is 10.1. The van der Waals surface area contributed by atoms with Gasteiger partial charge >= 0.3 is 0 Å². The second-order valence-electron chi connectivity index (χ2n) is 4.82. The molecule has 0 aromatic heterocycles. The molecule has 2 N–H and O–H groups in total. The largest absolute Gasteiger partial charge is 0.389 e. The van der Waals surface area contributed by atoms with Gasteiger partial charge < -0.3 is 15.3 Å². The molecule has 1 heterocycles. The summed E-state index contributed by atoms with van der Waals surface area (Å²) >= 11 is 0. The molecule has 0 aliphatic carbocycles. The first kappa shape index (κ1) is 13.0. The van der Waals surface area contributed by atoms with E-state index in [9.17, 15) is 14.7 Å². The minimum atomic E-state index is -0.908. The highest BCUT2D eigenvalue weighted by molar-refractivity contribution is 5.90. The first-order valence-electron chi connectivity index (χ1n) is 5.64. The van der Waals surface area contributed by atoms with E-state index in [0.29, 0.717) is 19.4 Å². The van der Waals surface area contributed by atoms with Crippen LogP contribution in [0.4, 0.5) is 0 Å². The molecule has 2 amide bonds. The minimum absolute atomic E-state index is 0.0716. The lowest BCUT2D eigenvalue weighted by Crippen LogP contribution is -2.49. The van der Waals surface area contributed by atoms with Crippen molar-refractivity contribution in [1.82, 2.24) is 10.2 Å². The van der Waals surface area contributed by atoms with Gasteiger partial charge in [0.25, 0.3) is 0 Å². The molecule has 0 saturated carbocycles. The molecule has 0 bridgehead atoms. The van der Waals surface area contributed by atoms with E-state index in [2.05, 4.69) is 5.32 Å². The van der Waals surface area contributed by atoms with E-state index in [-0.39, 0.29) is 18.4 Å². The second-order valence-corrected chi connectivity index (χ2v) is 4.82. The average molecular weight is 228 g/mol. The molecule has 5 heteroatoms. The summed E-state index contributed by atoms with van der Waals surface area (Å²) in [7, 11) is 0. The summed E-state index contributed by atoms with van der Waals surface area (Å²) in [5.41, 5.74) is -0.908. The molecule has 1 saturated heterocycles. The molecule has 16 heavy (non-hydrogen) atoms. The number of likely N-dealkylation sites (N-methyl/N-ethyl adjacent to an activating group) is 1. The number of carbonyl (C=O) groups is 2. The fourth-order valence-corrected chi connectivity index (χ4v) is 1.83. The van der Waals surface area contributed by atoms with E-state index in [4.69, 9.17) is 0 Å². The van der Waals surface area contributed by atoms with E-state index in [1.54, 1.807) is 18.7 Å². The molecule has 0 aromatic rings. The van der Waals surface area contributed by atoms with Crippen LogP contribution in [0.25, 0.3) is 0 Å². The summed E-state index contributed by atoms with van der Waals surface area (Å²) < 4.78 is 0. The number of hydrogen-bond donors (Lipinski definition) is 2. The normalized spacial score (nSPS) is 20.8. The fourth-order valence-electron chi connectivity index (χ4n) is 1.83. The molecule has 0 radical (unpaired) electrons. The number of aliphatic hydroxyl groups is 1. The van der Waals surface area contributed by atoms with Gasteiger partial charge in [0.2, 0.25) is 11.8 Å². The molecule has 1 aliphatic rings. The second kappa shape index (κ2) is 4.82. The Labute approximate surface area is 95.8 Å². The van der Waals surface area contributed by atoms with Gasteiger partial charge in [0.1, 0.15) is 6.04 Å². The third-order valence-corrected chi connectivity index (χ3v) is 2.56. The quantitative estimate of drug-likeness (QED) is 0.705. The monoisotopic (exact) mass is 228 g/mol. The number of carbonyl (C=O) groups excluding carboxylic acids is 2. The molecule has 92 valence electrons. The highest BCUT2D eigenvalue weighted by Gasteiger charge is 2.31. The van der Waals surface area contributed by atoms with Gasteiger partial charge in [0, 0.05) is 19.5 Å². The van der Waals surface area contributed by atoms with Crippen molar-refractivity contribution < 1.29 is 14.7 Å². The molecule has 0 aromatic carbocycles. The van der Waals surface area contributed by atoms with Gasteiger partial charge in [-0.25, -0.2) is 0 Å². The van der Waals surface area contributed by atoms with Gasteiger partial charge in [-0.05, 0) is 27.2 Å². The Morgan fingerprint density at radius 3 is 2.62 bits per heavy atom. The predicted molar refractivity (Wildman–Crippen MR) is 59.7 cm³/mol. The van der Waals surface area contributed by atoms with Crippen LogP contribution in [0, 0.1) is 0 Å². The summed E-state index contributed by atoms with van der Waals surface area (Å²) in [6, 6.07) is -0.408. The Morgan fingerprint density at radius 1 is 1.62 bits per heavy atom. The van der Waals surface area contributed by atoms with E-state index in [1.165, 1.54) is 0 Å². The Hall–Kier alpha value is -1.10. The molecule has 0 spiro atoms. The molecule has 0 unspecified atom stereocenters. The summed E-state index contributed by atoms with van der Waals surface area (Å²) in [6.07, 6.45) is 0.969. The lowest BCUT2D eigenvalue weighted by molar-refractivity contribution is -0.136. The van der Waals surface area contributed by atoms with Crippen LogP contribution in [-0.4, -0.2) is 46.6 Å². The molecule has 1 aliphatic heterocycles. The first-order chi connectivity index (χ1) is 7.33. The van der Waals surface area contributed by atoms with Crippen molar-refractivity contribution in [3.05, 3.63) is 0 Å². The highest BCUT2D eigenvalue weighted by atomic mass is 16.3. The lowest BCUT2D eigenvalue weighted by atomic mass is 10.1. The third kappa shape index (κ3) is 3.48. The molecule has 1 fully saturated rings. The molecular formula is C11H20N2O3. The number of amides is 2. The summed E-state index contributed by atoms with van der Waals surface area (Å²) in [6.45, 7) is 6.01. The summed E-state index contributed by atoms with van der Waals surface area (Å²) in [5.74, 6) is -0.173. The summed E-state index contributed by atoms with van der Waals surface area (Å²) in [4.78, 5) is 24.6. The standard InChI is InChI=1S/C11H20N2O3/c1-4-13(7-11(2,3)16)10(15)8-5-6-9(14)12-8/h8,16H,4-7H2,1-3H3,(H,12,14)/t8-/m0/s1. The van der Waals surface area contributed by atoms with Crippen LogP contribution in [0.15, 0.2) is 0 Å². The van der Waals surface area contributed by atoms with Crippen molar-refractivity contribution in [2.45, 2.75) is 45.3 Å². The van der Waals surface area contributed by atoms with Gasteiger partial charge in [-0.2, -0.15) is 0 Å². The van der Waals surface area contributed by atoms with Crippen LogP contribution in [0.2, 0.25) is 0 Å². The average Bonchev–Trinajstić information content (AvgIpc) is 2.58. The van der Waals surface area contributed by atoms with Crippen molar-refractivity contribution in [2.75, 3.05) is 13.1 Å². The fraction of sp³-hybridized carbons (Fsp3) is 0.818. The van der Waals surface area contributed by atoms with Crippen LogP contribution < -0.4 is 5.32 Å². The maximum absolute atomic E-state index is 12.0. The van der Waals surface area contributed by atoms with Crippen LogP contribution >= 0.6 is 0 Å². The number of nitrogens with one attached hydrogen (secondary N) is 1. The Kier molecular flexibility index (Phi) is 3.91. The Balaban J connectivity index is 2.59. The van der Waals surface area contributed by atoms with E-state index in [0.717, 1.165) is 0 Å². The van der Waals surface area contributed by atoms with Crippen molar-refractivity contribution >= 4 is 11.8 Å². The van der Waals surface area contributed by atoms with Gasteiger partial charge in [0.05, 0.1) is 5.60 Å². The van der Waals surface area contributed by atoms with Crippen LogP contribution in [0.3, 0.4) is 0 Å². The predicted octanol–water partition coefficient (Wildman–Crippen LogP) is -0.116. The number of hydrogen-bond acceptors (Lipinski definition) is 3. The van der Waals surface area contributed by atoms with Gasteiger partial charge in [-0.15, -0.1) is 0 Å². The minimum Gasteiger partial charge on any atom is -0.389 e. The first-order valence-corrected chi connectivity index (χ1v) is 5.64. The molecule has 1 rings (SSSR count). The van der Waals surface area contributed by atoms with Crippen molar-refractivity contribution in [1.29, 1.82) is 0 Å². The van der Waals surface area contributed by atoms with Crippen LogP contribution in [0.5, 0.6) is 0 Å². The molecule has 5 nitrogen and oxygen atoms in total. The zero-order chi connectivity index (χ0) is 12.3. The van der Waals surface area contributed by atoms with Crippen molar-refractivity contribution in [3.63, 3.8) is 0 Å². The SMILES string of the molecule is CCN(CC(C)(C)O)C(=O)[C@@H]1CCC(=O)N1. The Bertz CT molecular complexity index is 283. The summed E-state index contributed by atoms with van der Waals surface area (Å²) in [5, 5.41) is 12.3. The number of rotatable bonds is 4. The maximum Gasteiger partial charge on any atom is 0.245 e. The maximum atomic E-state index is 12.0. The lowest BCUT2D eigenvalue weighted by Gasteiger charge is -2.29. The topological polar surface area (TPSA) is 69.6 Å². The smallest absolute Gasteiger partial charge is 0.245 e. The van der Waals surface area contributed by atoms with Crippen LogP contribution in [-0.2, 0) is 9.59 Å². The van der Waals surface area contributed by atoms with Gasteiger partial charge in [-0.3, -0.25) is 9.59 Å². The Morgan fingerprint density at radius 2 is 2.25 bits per heavy atom. The highest BCUT2D eigenvalue weighted by Crippen LogP contribution is 2.12. The molecular weight excluding hydrogens is 208 g/mol. The van der Waals surface area contributed by atoms with Gasteiger partial charge in [0.15, 0.2) is 0 Å². The van der Waals surface area contributed by atoms with E-state index in [1.807, 2.05) is 6.92 Å². The zero-order valence-electron chi connectivity index (χ0n) is 10.1. The third-order valence-electron chi connectivity index (χ3n) is 2.56.